The lowest BCUT2D eigenvalue weighted by molar-refractivity contribution is 0.0933. The van der Waals surface area contributed by atoms with Crippen molar-refractivity contribution in [3.05, 3.63) is 34.6 Å². The first-order chi connectivity index (χ1) is 7.02. The van der Waals surface area contributed by atoms with Crippen LogP contribution in [0.1, 0.15) is 10.4 Å². The molecule has 0 aromatic heterocycles. The Bertz CT molecular complexity index is 411. The Morgan fingerprint density at radius 1 is 1.33 bits per heavy atom. The molecular formula is C8H7ClFN3O2. The number of hydrogen-bond acceptors (Lipinski definition) is 2. The quantitative estimate of drug-likeness (QED) is 0.625. The van der Waals surface area contributed by atoms with Crippen LogP contribution in [0.25, 0.3) is 0 Å². The van der Waals surface area contributed by atoms with Crippen LogP contribution in [0.4, 0.5) is 9.18 Å². The van der Waals surface area contributed by atoms with E-state index < -0.39 is 17.8 Å². The first-order valence-corrected chi connectivity index (χ1v) is 4.20. The van der Waals surface area contributed by atoms with Gasteiger partial charge in [-0.1, -0.05) is 17.7 Å². The summed E-state index contributed by atoms with van der Waals surface area (Å²) in [6, 6.07) is 2.98. The minimum atomic E-state index is -0.953. The van der Waals surface area contributed by atoms with E-state index >= 15 is 0 Å². The molecule has 0 heterocycles. The van der Waals surface area contributed by atoms with Crippen molar-refractivity contribution in [3.8, 4) is 0 Å². The number of hydrazine groups is 1. The van der Waals surface area contributed by atoms with Gasteiger partial charge in [-0.25, -0.2) is 14.6 Å². The molecule has 1 rings (SSSR count). The van der Waals surface area contributed by atoms with Crippen molar-refractivity contribution in [2.24, 2.45) is 5.73 Å². The number of nitrogens with two attached hydrogens (primary N) is 1. The molecule has 0 atom stereocenters. The molecule has 80 valence electrons. The van der Waals surface area contributed by atoms with Gasteiger partial charge in [0.2, 0.25) is 0 Å². The molecule has 1 aromatic carbocycles. The number of carbonyl (C=O) groups is 2. The Balaban J connectivity index is 2.82. The van der Waals surface area contributed by atoms with Crippen LogP contribution in [0.5, 0.6) is 0 Å². The molecule has 0 saturated carbocycles. The van der Waals surface area contributed by atoms with Gasteiger partial charge in [0, 0.05) is 0 Å². The molecule has 0 fully saturated rings. The fraction of sp³-hybridized carbons (Fsp3) is 0. The van der Waals surface area contributed by atoms with E-state index in [9.17, 15) is 14.0 Å². The lowest BCUT2D eigenvalue weighted by atomic mass is 10.2. The van der Waals surface area contributed by atoms with Gasteiger partial charge >= 0.3 is 6.03 Å². The Hall–Kier alpha value is -1.82. The van der Waals surface area contributed by atoms with Crippen LogP contribution >= 0.6 is 11.6 Å². The van der Waals surface area contributed by atoms with Crippen molar-refractivity contribution in [1.29, 1.82) is 0 Å². The van der Waals surface area contributed by atoms with Crippen LogP contribution in [0, 0.1) is 5.82 Å². The molecule has 0 aliphatic carbocycles. The Morgan fingerprint density at radius 3 is 2.60 bits per heavy atom. The minimum absolute atomic E-state index is 0.179. The molecule has 0 unspecified atom stereocenters. The van der Waals surface area contributed by atoms with Crippen molar-refractivity contribution in [1.82, 2.24) is 10.9 Å². The maximum atomic E-state index is 13.2. The van der Waals surface area contributed by atoms with E-state index in [4.69, 9.17) is 17.3 Å². The van der Waals surface area contributed by atoms with Gasteiger partial charge < -0.3 is 5.73 Å². The number of benzene rings is 1. The molecule has 0 aliphatic rings. The van der Waals surface area contributed by atoms with Crippen LogP contribution in [0.3, 0.4) is 0 Å². The SMILES string of the molecule is NC(=O)NNC(=O)c1cccc(Cl)c1F. The van der Waals surface area contributed by atoms with Crippen molar-refractivity contribution >= 4 is 23.5 Å². The second kappa shape index (κ2) is 4.61. The lowest BCUT2D eigenvalue weighted by Gasteiger charge is -2.05. The zero-order chi connectivity index (χ0) is 11.4. The van der Waals surface area contributed by atoms with Gasteiger partial charge in [-0.3, -0.25) is 10.2 Å². The predicted octanol–water partition coefficient (Wildman–Crippen LogP) is 0.792. The molecule has 3 amide bonds. The zero-order valence-electron chi connectivity index (χ0n) is 7.38. The maximum absolute atomic E-state index is 13.2. The highest BCUT2D eigenvalue weighted by Gasteiger charge is 2.13. The summed E-state index contributed by atoms with van der Waals surface area (Å²) in [5.41, 5.74) is 8.15. The second-order valence-corrected chi connectivity index (χ2v) is 2.95. The molecule has 0 radical (unpaired) electrons. The zero-order valence-corrected chi connectivity index (χ0v) is 8.14. The van der Waals surface area contributed by atoms with Crippen LogP contribution in [-0.2, 0) is 0 Å². The molecule has 0 aliphatic heterocycles. The summed E-state index contributed by atoms with van der Waals surface area (Å²) >= 11 is 5.45. The molecule has 7 heteroatoms. The van der Waals surface area contributed by atoms with E-state index in [-0.39, 0.29) is 10.6 Å². The minimum Gasteiger partial charge on any atom is -0.350 e. The van der Waals surface area contributed by atoms with Crippen LogP contribution in [0.15, 0.2) is 18.2 Å². The molecule has 1 aromatic rings. The highest BCUT2D eigenvalue weighted by molar-refractivity contribution is 6.31. The molecule has 5 nitrogen and oxygen atoms in total. The largest absolute Gasteiger partial charge is 0.350 e. The summed E-state index contributed by atoms with van der Waals surface area (Å²) in [7, 11) is 0. The summed E-state index contributed by atoms with van der Waals surface area (Å²) in [4.78, 5) is 21.5. The first kappa shape index (κ1) is 11.3. The lowest BCUT2D eigenvalue weighted by Crippen LogP contribution is -2.44. The third-order valence-corrected chi connectivity index (χ3v) is 1.79. The van der Waals surface area contributed by atoms with E-state index in [2.05, 4.69) is 0 Å². The normalized spacial score (nSPS) is 9.47. The number of amides is 3. The molecule has 15 heavy (non-hydrogen) atoms. The number of hydrogen-bond donors (Lipinski definition) is 3. The summed E-state index contributed by atoms with van der Waals surface area (Å²) in [6.07, 6.45) is 0. The van der Waals surface area contributed by atoms with Gasteiger partial charge in [0.05, 0.1) is 10.6 Å². The highest BCUT2D eigenvalue weighted by atomic mass is 35.5. The molecule has 0 saturated heterocycles. The van der Waals surface area contributed by atoms with Crippen LogP contribution < -0.4 is 16.6 Å². The molecule has 0 bridgehead atoms. The van der Waals surface area contributed by atoms with Gasteiger partial charge in [-0.05, 0) is 12.1 Å². The van der Waals surface area contributed by atoms with Gasteiger partial charge in [0.1, 0.15) is 0 Å². The second-order valence-electron chi connectivity index (χ2n) is 2.54. The summed E-state index contributed by atoms with van der Waals surface area (Å²) in [5.74, 6) is -1.70. The Kier molecular flexibility index (Phi) is 3.46. The van der Waals surface area contributed by atoms with Crippen molar-refractivity contribution in [3.63, 3.8) is 0 Å². The van der Waals surface area contributed by atoms with Crippen molar-refractivity contribution in [2.75, 3.05) is 0 Å². The number of carbonyl (C=O) groups excluding carboxylic acids is 2. The molecule has 0 spiro atoms. The predicted molar refractivity (Wildman–Crippen MR) is 51.6 cm³/mol. The van der Waals surface area contributed by atoms with Gasteiger partial charge in [0.25, 0.3) is 5.91 Å². The Morgan fingerprint density at radius 2 is 2.00 bits per heavy atom. The molecule has 4 N–H and O–H groups in total. The van der Waals surface area contributed by atoms with E-state index in [1.54, 1.807) is 0 Å². The number of rotatable bonds is 1. The average molecular weight is 232 g/mol. The van der Waals surface area contributed by atoms with E-state index in [1.807, 2.05) is 10.9 Å². The topological polar surface area (TPSA) is 84.2 Å². The summed E-state index contributed by atoms with van der Waals surface area (Å²) in [5, 5.41) is -0.179. The van der Waals surface area contributed by atoms with E-state index in [0.29, 0.717) is 0 Å². The number of urea groups is 1. The number of nitrogens with one attached hydrogen (secondary N) is 2. The maximum Gasteiger partial charge on any atom is 0.330 e. The number of primary amides is 1. The number of halogens is 2. The van der Waals surface area contributed by atoms with Crippen molar-refractivity contribution in [2.45, 2.75) is 0 Å². The standard InChI is InChI=1S/C8H7ClFN3O2/c9-5-3-1-2-4(6(5)10)7(14)12-13-8(11)15/h1-3H,(H,12,14)(H3,11,13,15). The first-order valence-electron chi connectivity index (χ1n) is 3.82. The van der Waals surface area contributed by atoms with Gasteiger partial charge in [-0.15, -0.1) is 0 Å². The summed E-state index contributed by atoms with van der Waals surface area (Å²) < 4.78 is 13.2. The average Bonchev–Trinajstić information content (AvgIpc) is 2.18. The highest BCUT2D eigenvalue weighted by Crippen LogP contribution is 2.17. The van der Waals surface area contributed by atoms with Gasteiger partial charge in [0.15, 0.2) is 5.82 Å². The third-order valence-electron chi connectivity index (χ3n) is 1.50. The monoisotopic (exact) mass is 231 g/mol. The van der Waals surface area contributed by atoms with Gasteiger partial charge in [-0.2, -0.15) is 0 Å². The Labute approximate surface area is 89.4 Å². The fourth-order valence-corrected chi connectivity index (χ4v) is 1.04. The smallest absolute Gasteiger partial charge is 0.330 e. The van der Waals surface area contributed by atoms with Crippen LogP contribution in [0.2, 0.25) is 5.02 Å². The van der Waals surface area contributed by atoms with E-state index in [0.717, 1.165) is 0 Å². The van der Waals surface area contributed by atoms with Crippen molar-refractivity contribution < 1.29 is 14.0 Å². The molecular weight excluding hydrogens is 225 g/mol. The van der Waals surface area contributed by atoms with E-state index in [1.165, 1.54) is 18.2 Å². The summed E-state index contributed by atoms with van der Waals surface area (Å²) in [6.45, 7) is 0. The fourth-order valence-electron chi connectivity index (χ4n) is 0.865. The van der Waals surface area contributed by atoms with Crippen LogP contribution in [-0.4, -0.2) is 11.9 Å². The third kappa shape index (κ3) is 2.81.